The lowest BCUT2D eigenvalue weighted by Gasteiger charge is -2.12. The highest BCUT2D eigenvalue weighted by Crippen LogP contribution is 2.29. The number of rotatable bonds is 1. The molecule has 3 heterocycles. The van der Waals surface area contributed by atoms with Gasteiger partial charge in [0.1, 0.15) is 18.1 Å². The monoisotopic (exact) mass is 221 g/mol. The van der Waals surface area contributed by atoms with Gasteiger partial charge in [-0.15, -0.1) is 0 Å². The topological polar surface area (TPSA) is 99.1 Å². The summed E-state index contributed by atoms with van der Waals surface area (Å²) in [6.07, 6.45) is 3.41. The summed E-state index contributed by atoms with van der Waals surface area (Å²) in [5.74, 6) is 0.349. The number of imidazole rings is 1. The largest absolute Gasteiger partial charge is 0.382 e. The highest BCUT2D eigenvalue weighted by molar-refractivity contribution is 5.81. The zero-order valence-corrected chi connectivity index (χ0v) is 8.45. The fourth-order valence-electron chi connectivity index (χ4n) is 1.89. The van der Waals surface area contributed by atoms with Gasteiger partial charge in [-0.3, -0.25) is 4.57 Å². The quantitative estimate of drug-likeness (QED) is 0.705. The molecule has 1 aliphatic rings. The second kappa shape index (κ2) is 3.39. The Balaban J connectivity index is 2.08. The minimum atomic E-state index is -0.707. The molecule has 0 aromatic carbocycles. The Bertz CT molecular complexity index is 526. The maximum atomic E-state index is 9.31. The second-order valence-electron chi connectivity index (χ2n) is 3.71. The first kappa shape index (κ1) is 9.49. The van der Waals surface area contributed by atoms with Crippen molar-refractivity contribution in [2.24, 2.45) is 0 Å². The Kier molecular flexibility index (Phi) is 2.01. The van der Waals surface area contributed by atoms with E-state index in [9.17, 15) is 5.11 Å². The fourth-order valence-corrected chi connectivity index (χ4v) is 1.89. The summed E-state index contributed by atoms with van der Waals surface area (Å²) in [5, 5.41) is 9.31. The van der Waals surface area contributed by atoms with E-state index in [0.29, 0.717) is 23.4 Å². The molecule has 3 rings (SSSR count). The van der Waals surface area contributed by atoms with Crippen molar-refractivity contribution in [2.75, 3.05) is 5.73 Å². The number of hydrogen-bond donors (Lipinski definition) is 2. The molecule has 0 bridgehead atoms. The van der Waals surface area contributed by atoms with Crippen molar-refractivity contribution in [3.63, 3.8) is 0 Å². The number of aliphatic hydroxyl groups is 1. The molecule has 0 saturated carbocycles. The molecule has 0 amide bonds. The van der Waals surface area contributed by atoms with E-state index in [4.69, 9.17) is 10.5 Å². The third-order valence-corrected chi connectivity index (χ3v) is 2.67. The summed E-state index contributed by atoms with van der Waals surface area (Å²) in [5.41, 5.74) is 6.87. The van der Waals surface area contributed by atoms with Gasteiger partial charge >= 0.3 is 0 Å². The van der Waals surface area contributed by atoms with Gasteiger partial charge in [0, 0.05) is 6.42 Å². The third-order valence-electron chi connectivity index (χ3n) is 2.67. The zero-order valence-electron chi connectivity index (χ0n) is 8.45. The predicted octanol–water partition coefficient (Wildman–Crippen LogP) is 0.0359. The van der Waals surface area contributed by atoms with E-state index >= 15 is 0 Å². The van der Waals surface area contributed by atoms with Crippen molar-refractivity contribution in [3.05, 3.63) is 12.7 Å². The molecule has 1 saturated heterocycles. The summed E-state index contributed by atoms with van der Waals surface area (Å²) in [6.45, 7) is 0. The number of hydrogen-bond acceptors (Lipinski definition) is 6. The van der Waals surface area contributed by atoms with E-state index in [0.717, 1.165) is 6.42 Å². The molecular weight excluding hydrogens is 210 g/mol. The Morgan fingerprint density at radius 3 is 3.00 bits per heavy atom. The van der Waals surface area contributed by atoms with Gasteiger partial charge < -0.3 is 15.6 Å². The molecule has 3 N–H and O–H groups in total. The minimum Gasteiger partial charge on any atom is -0.382 e. The lowest BCUT2D eigenvalue weighted by molar-refractivity contribution is -0.111. The Morgan fingerprint density at radius 1 is 1.38 bits per heavy atom. The maximum Gasteiger partial charge on any atom is 0.167 e. The molecule has 7 nitrogen and oxygen atoms in total. The van der Waals surface area contributed by atoms with Crippen LogP contribution in [0.2, 0.25) is 0 Å². The number of nitrogen functional groups attached to an aromatic ring is 1. The standard InChI is InChI=1S/C9H11N5O2/c10-8-7-9(12-3-11-8)14(4-13-7)5-1-2-6(15)16-5/h3-6,15H,1-2H2,(H2,10,11,12)/t5-,6?/m0/s1. The lowest BCUT2D eigenvalue weighted by Crippen LogP contribution is -2.10. The van der Waals surface area contributed by atoms with Gasteiger partial charge in [-0.2, -0.15) is 0 Å². The highest BCUT2D eigenvalue weighted by Gasteiger charge is 2.26. The number of nitrogens with two attached hydrogens (primary N) is 1. The Labute approximate surface area is 90.9 Å². The number of ether oxygens (including phenoxy) is 1. The molecule has 16 heavy (non-hydrogen) atoms. The molecule has 1 fully saturated rings. The second-order valence-corrected chi connectivity index (χ2v) is 3.71. The van der Waals surface area contributed by atoms with Crippen molar-refractivity contribution in [1.82, 2.24) is 19.5 Å². The summed E-state index contributed by atoms with van der Waals surface area (Å²) >= 11 is 0. The number of aliphatic hydroxyl groups excluding tert-OH is 1. The smallest absolute Gasteiger partial charge is 0.167 e. The van der Waals surface area contributed by atoms with Gasteiger partial charge in [0.15, 0.2) is 17.8 Å². The van der Waals surface area contributed by atoms with E-state index in [2.05, 4.69) is 15.0 Å². The number of aromatic nitrogens is 4. The third kappa shape index (κ3) is 1.33. The number of fused-ring (bicyclic) bond motifs is 1. The van der Waals surface area contributed by atoms with Crippen LogP contribution in [0.3, 0.4) is 0 Å². The van der Waals surface area contributed by atoms with Gasteiger partial charge in [-0.1, -0.05) is 0 Å². The molecule has 2 aromatic heterocycles. The molecule has 1 unspecified atom stereocenters. The van der Waals surface area contributed by atoms with Crippen molar-refractivity contribution < 1.29 is 9.84 Å². The van der Waals surface area contributed by atoms with E-state index in [1.54, 1.807) is 10.9 Å². The van der Waals surface area contributed by atoms with Crippen LogP contribution in [0.4, 0.5) is 5.82 Å². The Hall–Kier alpha value is -1.73. The number of nitrogens with zero attached hydrogens (tertiary/aromatic N) is 4. The van der Waals surface area contributed by atoms with Gasteiger partial charge in [0.2, 0.25) is 0 Å². The van der Waals surface area contributed by atoms with E-state index in [1.807, 2.05) is 0 Å². The van der Waals surface area contributed by atoms with Crippen molar-refractivity contribution in [3.8, 4) is 0 Å². The first-order chi connectivity index (χ1) is 7.75. The molecule has 1 aliphatic heterocycles. The normalized spacial score (nSPS) is 25.3. The van der Waals surface area contributed by atoms with Crippen LogP contribution in [0, 0.1) is 0 Å². The van der Waals surface area contributed by atoms with Crippen LogP contribution in [0.1, 0.15) is 19.1 Å². The van der Waals surface area contributed by atoms with Crippen molar-refractivity contribution in [1.29, 1.82) is 0 Å². The van der Waals surface area contributed by atoms with Crippen LogP contribution in [-0.2, 0) is 4.74 Å². The van der Waals surface area contributed by atoms with E-state index in [-0.39, 0.29) is 6.23 Å². The van der Waals surface area contributed by atoms with Crippen LogP contribution in [0.25, 0.3) is 11.2 Å². The molecule has 0 aliphatic carbocycles. The van der Waals surface area contributed by atoms with Crippen LogP contribution < -0.4 is 5.73 Å². The molecule has 7 heteroatoms. The van der Waals surface area contributed by atoms with Crippen LogP contribution in [0.5, 0.6) is 0 Å². The number of anilines is 1. The van der Waals surface area contributed by atoms with Gasteiger partial charge in [0.05, 0.1) is 6.33 Å². The molecule has 2 atom stereocenters. The molecular formula is C9H11N5O2. The average Bonchev–Trinajstić information content (AvgIpc) is 2.84. The fraction of sp³-hybridized carbons (Fsp3) is 0.444. The zero-order chi connectivity index (χ0) is 11.1. The molecule has 0 spiro atoms. The highest BCUT2D eigenvalue weighted by atomic mass is 16.6. The molecule has 84 valence electrons. The van der Waals surface area contributed by atoms with Crippen LogP contribution in [0.15, 0.2) is 12.7 Å². The minimum absolute atomic E-state index is 0.228. The first-order valence-corrected chi connectivity index (χ1v) is 5.02. The molecule has 2 aromatic rings. The first-order valence-electron chi connectivity index (χ1n) is 5.02. The summed E-state index contributed by atoms with van der Waals surface area (Å²) in [7, 11) is 0. The van der Waals surface area contributed by atoms with Gasteiger partial charge in [-0.25, -0.2) is 15.0 Å². The van der Waals surface area contributed by atoms with E-state index < -0.39 is 6.29 Å². The summed E-state index contributed by atoms with van der Waals surface area (Å²) in [4.78, 5) is 12.1. The average molecular weight is 221 g/mol. The van der Waals surface area contributed by atoms with Crippen molar-refractivity contribution in [2.45, 2.75) is 25.4 Å². The molecule has 0 radical (unpaired) electrons. The van der Waals surface area contributed by atoms with E-state index in [1.165, 1.54) is 6.33 Å². The lowest BCUT2D eigenvalue weighted by atomic mass is 10.3. The van der Waals surface area contributed by atoms with Crippen LogP contribution in [-0.4, -0.2) is 30.9 Å². The van der Waals surface area contributed by atoms with Gasteiger partial charge in [-0.05, 0) is 6.42 Å². The summed E-state index contributed by atoms with van der Waals surface area (Å²) < 4.78 is 7.10. The summed E-state index contributed by atoms with van der Waals surface area (Å²) in [6, 6.07) is 0. The SMILES string of the molecule is Nc1ncnc2c1ncn2[C@@H]1CCC(O)O1. The van der Waals surface area contributed by atoms with Gasteiger partial charge in [0.25, 0.3) is 0 Å². The maximum absolute atomic E-state index is 9.31. The van der Waals surface area contributed by atoms with Crippen LogP contribution >= 0.6 is 0 Å². The predicted molar refractivity (Wildman–Crippen MR) is 55.1 cm³/mol. The van der Waals surface area contributed by atoms with Crippen molar-refractivity contribution >= 4 is 17.0 Å². The Morgan fingerprint density at radius 2 is 2.25 bits per heavy atom.